The maximum Gasteiger partial charge on any atom is 0.331 e. The molecule has 1 aromatic heterocycles. The minimum Gasteiger partial charge on any atom is -0.342 e. The molecule has 4 aromatic rings. The second-order valence-corrected chi connectivity index (χ2v) is 8.02. The van der Waals surface area contributed by atoms with Crippen LogP contribution in [0.3, 0.4) is 0 Å². The first-order valence-electron chi connectivity index (χ1n) is 10.8. The number of nitrogens with zero attached hydrogens (tertiary/aromatic N) is 2. The summed E-state index contributed by atoms with van der Waals surface area (Å²) in [4.78, 5) is 39.1. The molecule has 0 spiro atoms. The average Bonchev–Trinajstić information content (AvgIpc) is 3.19. The van der Waals surface area contributed by atoms with Crippen molar-refractivity contribution >= 4 is 34.8 Å². The summed E-state index contributed by atoms with van der Waals surface area (Å²) in [5.41, 5.74) is 2.61. The highest BCUT2D eigenvalue weighted by Gasteiger charge is 2.35. The lowest BCUT2D eigenvalue weighted by atomic mass is 10.1. The van der Waals surface area contributed by atoms with E-state index < -0.39 is 17.8 Å². The topological polar surface area (TPSA) is 71.4 Å². The van der Waals surface area contributed by atoms with Gasteiger partial charge in [0.2, 0.25) is 0 Å². The van der Waals surface area contributed by atoms with Crippen molar-refractivity contribution in [2.24, 2.45) is 0 Å². The minimum absolute atomic E-state index is 0.0468. The number of halogens is 1. The van der Waals surface area contributed by atoms with Gasteiger partial charge in [-0.05, 0) is 23.8 Å². The smallest absolute Gasteiger partial charge is 0.331 e. The van der Waals surface area contributed by atoms with E-state index in [1.165, 1.54) is 12.1 Å². The van der Waals surface area contributed by atoms with E-state index >= 15 is 0 Å². The van der Waals surface area contributed by atoms with Crippen LogP contribution in [0.5, 0.6) is 0 Å². The van der Waals surface area contributed by atoms with Gasteiger partial charge in [-0.15, -0.1) is 0 Å². The third kappa shape index (κ3) is 3.99. The predicted octanol–water partition coefficient (Wildman–Crippen LogP) is 4.49. The summed E-state index contributed by atoms with van der Waals surface area (Å²) in [5.74, 6) is -1.72. The Morgan fingerprint density at radius 1 is 0.824 bits per heavy atom. The number of nitrogens with one attached hydrogen (secondary N) is 1. The number of imide groups is 2. The molecule has 1 saturated heterocycles. The number of carbonyl (C=O) groups is 3. The van der Waals surface area contributed by atoms with Gasteiger partial charge in [-0.1, -0.05) is 66.7 Å². The highest BCUT2D eigenvalue weighted by Crippen LogP contribution is 2.26. The number of hydrogen-bond acceptors (Lipinski definition) is 3. The zero-order chi connectivity index (χ0) is 23.7. The molecule has 0 radical (unpaired) electrons. The first kappa shape index (κ1) is 21.3. The monoisotopic (exact) mass is 453 g/mol. The number of amides is 4. The summed E-state index contributed by atoms with van der Waals surface area (Å²) in [5, 5.41) is 3.06. The highest BCUT2D eigenvalue weighted by molar-refractivity contribution is 6.31. The SMILES string of the molecule is O=C1NC(=O)N(Cc2ccccc2)C(=O)C1=Cc1cn(Cc2ccccc2F)c2ccccc12. The molecule has 0 saturated carbocycles. The second kappa shape index (κ2) is 8.78. The second-order valence-electron chi connectivity index (χ2n) is 8.02. The molecule has 0 unspecified atom stereocenters. The average molecular weight is 453 g/mol. The quantitative estimate of drug-likeness (QED) is 0.358. The van der Waals surface area contributed by atoms with Crippen LogP contribution in [0.2, 0.25) is 0 Å². The number of fused-ring (bicyclic) bond motifs is 1. The van der Waals surface area contributed by atoms with Crippen molar-refractivity contribution in [2.75, 3.05) is 0 Å². The Labute approximate surface area is 194 Å². The third-order valence-corrected chi connectivity index (χ3v) is 5.79. The zero-order valence-electron chi connectivity index (χ0n) is 18.1. The van der Waals surface area contributed by atoms with Crippen LogP contribution in [0, 0.1) is 5.82 Å². The van der Waals surface area contributed by atoms with E-state index in [1.54, 1.807) is 36.5 Å². The standard InChI is InChI=1S/C27H20FN3O3/c28-23-12-6-4-10-19(23)16-30-17-20(21-11-5-7-13-24(21)30)14-22-25(32)29-27(34)31(26(22)33)15-18-8-2-1-3-9-18/h1-14,17H,15-16H2,(H,29,32,34). The number of para-hydroxylation sites is 1. The number of hydrogen-bond donors (Lipinski definition) is 1. The van der Waals surface area contributed by atoms with E-state index in [4.69, 9.17) is 0 Å². The molecule has 1 aliphatic rings. The molecular weight excluding hydrogens is 433 g/mol. The van der Waals surface area contributed by atoms with Crippen LogP contribution in [0.4, 0.5) is 9.18 Å². The zero-order valence-corrected chi connectivity index (χ0v) is 18.1. The Kier molecular flexibility index (Phi) is 5.51. The minimum atomic E-state index is -0.752. The number of aromatic nitrogens is 1. The lowest BCUT2D eigenvalue weighted by molar-refractivity contribution is -0.130. The van der Waals surface area contributed by atoms with Crippen molar-refractivity contribution in [3.63, 3.8) is 0 Å². The predicted molar refractivity (Wildman–Crippen MR) is 126 cm³/mol. The number of benzene rings is 3. The third-order valence-electron chi connectivity index (χ3n) is 5.79. The number of barbiturate groups is 1. The summed E-state index contributed by atoms with van der Waals surface area (Å²) < 4.78 is 16.1. The molecule has 1 aliphatic heterocycles. The molecule has 0 bridgehead atoms. The molecule has 1 N–H and O–H groups in total. The summed E-state index contributed by atoms with van der Waals surface area (Å²) >= 11 is 0. The highest BCUT2D eigenvalue weighted by atomic mass is 19.1. The van der Waals surface area contributed by atoms with E-state index in [9.17, 15) is 18.8 Å². The first-order valence-corrected chi connectivity index (χ1v) is 10.8. The fraction of sp³-hybridized carbons (Fsp3) is 0.0741. The Morgan fingerprint density at radius 2 is 1.53 bits per heavy atom. The first-order chi connectivity index (χ1) is 16.5. The molecule has 1 fully saturated rings. The lowest BCUT2D eigenvalue weighted by Gasteiger charge is -2.26. The van der Waals surface area contributed by atoms with Gasteiger partial charge in [-0.25, -0.2) is 9.18 Å². The Hall–Kier alpha value is -4.52. The van der Waals surface area contributed by atoms with E-state index in [1.807, 2.05) is 47.0 Å². The fourth-order valence-electron chi connectivity index (χ4n) is 4.09. The van der Waals surface area contributed by atoms with E-state index in [0.29, 0.717) is 11.1 Å². The molecule has 34 heavy (non-hydrogen) atoms. The van der Waals surface area contributed by atoms with E-state index in [2.05, 4.69) is 5.32 Å². The fourth-order valence-corrected chi connectivity index (χ4v) is 4.09. The van der Waals surface area contributed by atoms with Gasteiger partial charge in [0, 0.05) is 28.2 Å². The molecule has 5 rings (SSSR count). The number of carbonyl (C=O) groups excluding carboxylic acids is 3. The molecule has 2 heterocycles. The van der Waals surface area contributed by atoms with Crippen LogP contribution >= 0.6 is 0 Å². The van der Waals surface area contributed by atoms with Gasteiger partial charge >= 0.3 is 6.03 Å². The van der Waals surface area contributed by atoms with Crippen molar-refractivity contribution in [1.82, 2.24) is 14.8 Å². The van der Waals surface area contributed by atoms with Crippen LogP contribution in [0.15, 0.2) is 90.6 Å². The van der Waals surface area contributed by atoms with Gasteiger partial charge in [0.1, 0.15) is 11.4 Å². The molecule has 168 valence electrons. The van der Waals surface area contributed by atoms with Crippen molar-refractivity contribution in [3.05, 3.63) is 113 Å². The lowest BCUT2D eigenvalue weighted by Crippen LogP contribution is -2.53. The molecule has 0 aliphatic carbocycles. The summed E-state index contributed by atoms with van der Waals surface area (Å²) in [6.45, 7) is 0.334. The van der Waals surface area contributed by atoms with Gasteiger partial charge in [-0.3, -0.25) is 19.8 Å². The van der Waals surface area contributed by atoms with Gasteiger partial charge in [0.15, 0.2) is 0 Å². The molecule has 7 heteroatoms. The van der Waals surface area contributed by atoms with Gasteiger partial charge < -0.3 is 4.57 Å². The molecule has 0 atom stereocenters. The van der Waals surface area contributed by atoms with Crippen molar-refractivity contribution in [3.8, 4) is 0 Å². The van der Waals surface area contributed by atoms with Crippen molar-refractivity contribution in [1.29, 1.82) is 0 Å². The summed E-state index contributed by atoms with van der Waals surface area (Å²) in [6.07, 6.45) is 3.27. The van der Waals surface area contributed by atoms with Crippen molar-refractivity contribution < 1.29 is 18.8 Å². The van der Waals surface area contributed by atoms with Crippen molar-refractivity contribution in [2.45, 2.75) is 13.1 Å². The van der Waals surface area contributed by atoms with Gasteiger partial charge in [-0.2, -0.15) is 0 Å². The van der Waals surface area contributed by atoms with Crippen LogP contribution in [0.25, 0.3) is 17.0 Å². The molecule has 3 aromatic carbocycles. The van der Waals surface area contributed by atoms with Crippen LogP contribution in [0.1, 0.15) is 16.7 Å². The Bertz CT molecular complexity index is 1460. The summed E-state index contributed by atoms with van der Waals surface area (Å²) in [6, 6.07) is 22.3. The van der Waals surface area contributed by atoms with Crippen LogP contribution in [-0.4, -0.2) is 27.3 Å². The van der Waals surface area contributed by atoms with E-state index in [0.717, 1.165) is 21.4 Å². The molecule has 6 nitrogen and oxygen atoms in total. The van der Waals surface area contributed by atoms with E-state index in [-0.39, 0.29) is 24.5 Å². The molecule has 4 amide bonds. The Morgan fingerprint density at radius 3 is 2.32 bits per heavy atom. The number of urea groups is 1. The van der Waals surface area contributed by atoms with Crippen LogP contribution in [-0.2, 0) is 22.7 Å². The molecular formula is C27H20FN3O3. The summed E-state index contributed by atoms with van der Waals surface area (Å²) in [7, 11) is 0. The number of rotatable bonds is 5. The largest absolute Gasteiger partial charge is 0.342 e. The maximum atomic E-state index is 14.3. The van der Waals surface area contributed by atoms with Crippen LogP contribution < -0.4 is 5.32 Å². The maximum absolute atomic E-state index is 14.3. The normalized spacial score (nSPS) is 15.3. The van der Waals surface area contributed by atoms with Gasteiger partial charge in [0.25, 0.3) is 11.8 Å². The Balaban J connectivity index is 1.53. The van der Waals surface area contributed by atoms with Gasteiger partial charge in [0.05, 0.1) is 13.1 Å².